The maximum Gasteiger partial charge on any atom is 0.228 e. The highest BCUT2D eigenvalue weighted by atomic mass is 16.3. The van der Waals surface area contributed by atoms with Crippen molar-refractivity contribution < 1.29 is 9.90 Å². The zero-order valence-corrected chi connectivity index (χ0v) is 13.3. The van der Waals surface area contributed by atoms with Crippen molar-refractivity contribution in [2.24, 2.45) is 23.0 Å². The molecule has 1 aromatic carbocycles. The number of benzene rings is 1. The smallest absolute Gasteiger partial charge is 0.228 e. The molecular formula is C17H26N2O2. The first-order valence-electron chi connectivity index (χ1n) is 7.59. The summed E-state index contributed by atoms with van der Waals surface area (Å²) in [5.41, 5.74) is 7.45. The van der Waals surface area contributed by atoms with Gasteiger partial charge in [0.05, 0.1) is 0 Å². The molecule has 0 saturated heterocycles. The summed E-state index contributed by atoms with van der Waals surface area (Å²) in [4.78, 5) is 12.6. The zero-order valence-electron chi connectivity index (χ0n) is 13.3. The van der Waals surface area contributed by atoms with E-state index in [-0.39, 0.29) is 29.0 Å². The number of carbonyl (C=O) groups excluding carboxylic acids is 1. The van der Waals surface area contributed by atoms with Crippen molar-refractivity contribution in [1.29, 1.82) is 0 Å². The van der Waals surface area contributed by atoms with Gasteiger partial charge in [0.25, 0.3) is 0 Å². The Labute approximate surface area is 126 Å². The number of hydrogen-bond donors (Lipinski definition) is 3. The van der Waals surface area contributed by atoms with Gasteiger partial charge in [-0.25, -0.2) is 0 Å². The Morgan fingerprint density at radius 2 is 2.05 bits per heavy atom. The van der Waals surface area contributed by atoms with Gasteiger partial charge in [-0.1, -0.05) is 26.8 Å². The van der Waals surface area contributed by atoms with E-state index < -0.39 is 0 Å². The summed E-state index contributed by atoms with van der Waals surface area (Å²) in [7, 11) is 0. The molecule has 4 heteroatoms. The molecule has 1 saturated carbocycles. The molecule has 2 rings (SSSR count). The first kappa shape index (κ1) is 15.8. The van der Waals surface area contributed by atoms with Crippen LogP contribution in [0.25, 0.3) is 0 Å². The lowest BCUT2D eigenvalue weighted by Gasteiger charge is -2.46. The predicted octanol–water partition coefficient (Wildman–Crippen LogP) is 3.04. The van der Waals surface area contributed by atoms with E-state index in [1.54, 1.807) is 12.1 Å². The largest absolute Gasteiger partial charge is 0.508 e. The second-order valence-corrected chi connectivity index (χ2v) is 6.89. The predicted molar refractivity (Wildman–Crippen MR) is 85.1 cm³/mol. The minimum atomic E-state index is -0.130. The summed E-state index contributed by atoms with van der Waals surface area (Å²) in [6, 6.07) is 5.37. The van der Waals surface area contributed by atoms with Crippen LogP contribution in [0.3, 0.4) is 0 Å². The number of phenols is 1. The van der Waals surface area contributed by atoms with E-state index in [1.807, 2.05) is 13.0 Å². The van der Waals surface area contributed by atoms with Gasteiger partial charge >= 0.3 is 0 Å². The lowest BCUT2D eigenvalue weighted by atomic mass is 9.61. The summed E-state index contributed by atoms with van der Waals surface area (Å²) < 4.78 is 0. The molecule has 1 aromatic rings. The molecule has 0 aromatic heterocycles. The minimum absolute atomic E-state index is 0.0157. The normalized spacial score (nSPS) is 28.1. The molecule has 116 valence electrons. The summed E-state index contributed by atoms with van der Waals surface area (Å²) in [5.74, 6) is 0.456. The van der Waals surface area contributed by atoms with Gasteiger partial charge in [0.15, 0.2) is 0 Å². The molecule has 1 aliphatic rings. The van der Waals surface area contributed by atoms with Crippen molar-refractivity contribution in [2.75, 3.05) is 5.32 Å². The van der Waals surface area contributed by atoms with E-state index in [0.717, 1.165) is 18.4 Å². The highest BCUT2D eigenvalue weighted by Gasteiger charge is 2.44. The number of aromatic hydroxyl groups is 1. The van der Waals surface area contributed by atoms with Crippen LogP contribution in [0.15, 0.2) is 18.2 Å². The average molecular weight is 290 g/mol. The van der Waals surface area contributed by atoms with Gasteiger partial charge in [-0.05, 0) is 42.7 Å². The van der Waals surface area contributed by atoms with Crippen molar-refractivity contribution in [3.8, 4) is 5.75 Å². The quantitative estimate of drug-likeness (QED) is 0.783. The molecule has 3 unspecified atom stereocenters. The monoisotopic (exact) mass is 290 g/mol. The maximum atomic E-state index is 12.6. The summed E-state index contributed by atoms with van der Waals surface area (Å²) >= 11 is 0. The van der Waals surface area contributed by atoms with E-state index in [9.17, 15) is 9.90 Å². The van der Waals surface area contributed by atoms with Gasteiger partial charge in [0.1, 0.15) is 5.75 Å². The first-order valence-corrected chi connectivity index (χ1v) is 7.59. The highest BCUT2D eigenvalue weighted by Crippen LogP contribution is 2.44. The Hall–Kier alpha value is -1.55. The summed E-state index contributed by atoms with van der Waals surface area (Å²) in [6.07, 6.45) is 1.68. The Morgan fingerprint density at radius 1 is 1.38 bits per heavy atom. The van der Waals surface area contributed by atoms with Crippen molar-refractivity contribution in [3.63, 3.8) is 0 Å². The molecule has 21 heavy (non-hydrogen) atoms. The molecule has 0 spiro atoms. The van der Waals surface area contributed by atoms with E-state index in [1.165, 1.54) is 0 Å². The Morgan fingerprint density at radius 3 is 2.67 bits per heavy atom. The van der Waals surface area contributed by atoms with Crippen molar-refractivity contribution in [3.05, 3.63) is 23.8 Å². The fraction of sp³-hybridized carbons (Fsp3) is 0.588. The molecular weight excluding hydrogens is 264 g/mol. The second kappa shape index (κ2) is 5.68. The molecule has 0 bridgehead atoms. The standard InChI is InChI=1S/C17H26N2O2/c1-10-5-6-12(9-15(10)20)19-16(21)13-7-8-14(18)11(2)17(13,3)4/h5-6,9,11,13-14,20H,7-8,18H2,1-4H3,(H,19,21). The fourth-order valence-electron chi connectivity index (χ4n) is 3.24. The third kappa shape index (κ3) is 3.05. The van der Waals surface area contributed by atoms with Crippen LogP contribution in [0.4, 0.5) is 5.69 Å². The Balaban J connectivity index is 2.14. The van der Waals surface area contributed by atoms with E-state index in [0.29, 0.717) is 11.6 Å². The van der Waals surface area contributed by atoms with Crippen LogP contribution in [0.5, 0.6) is 5.75 Å². The first-order chi connectivity index (χ1) is 9.73. The van der Waals surface area contributed by atoms with E-state index in [2.05, 4.69) is 26.1 Å². The number of carbonyl (C=O) groups is 1. The lowest BCUT2D eigenvalue weighted by Crippen LogP contribution is -2.50. The van der Waals surface area contributed by atoms with Gasteiger partial charge in [-0.3, -0.25) is 4.79 Å². The summed E-state index contributed by atoms with van der Waals surface area (Å²) in [5, 5.41) is 12.7. The van der Waals surface area contributed by atoms with Crippen LogP contribution >= 0.6 is 0 Å². The third-order valence-electron chi connectivity index (χ3n) is 5.30. The molecule has 1 aliphatic carbocycles. The number of nitrogens with one attached hydrogen (secondary N) is 1. The molecule has 0 radical (unpaired) electrons. The van der Waals surface area contributed by atoms with Gasteiger partial charge in [-0.2, -0.15) is 0 Å². The molecule has 1 fully saturated rings. The van der Waals surface area contributed by atoms with E-state index in [4.69, 9.17) is 5.73 Å². The van der Waals surface area contributed by atoms with Gasteiger partial charge < -0.3 is 16.2 Å². The van der Waals surface area contributed by atoms with Crippen LogP contribution in [-0.2, 0) is 4.79 Å². The van der Waals surface area contributed by atoms with Gasteiger partial charge in [0, 0.05) is 23.7 Å². The molecule has 3 atom stereocenters. The number of rotatable bonds is 2. The van der Waals surface area contributed by atoms with Crippen LogP contribution in [0, 0.1) is 24.2 Å². The number of nitrogens with two attached hydrogens (primary N) is 1. The molecule has 4 nitrogen and oxygen atoms in total. The van der Waals surface area contributed by atoms with Gasteiger partial charge in [-0.15, -0.1) is 0 Å². The number of hydrogen-bond acceptors (Lipinski definition) is 3. The Kier molecular flexibility index (Phi) is 4.28. The molecule has 1 amide bonds. The second-order valence-electron chi connectivity index (χ2n) is 6.89. The number of anilines is 1. The molecule has 0 aliphatic heterocycles. The topological polar surface area (TPSA) is 75.4 Å². The lowest BCUT2D eigenvalue weighted by molar-refractivity contribution is -0.127. The van der Waals surface area contributed by atoms with Crippen molar-refractivity contribution in [1.82, 2.24) is 0 Å². The van der Waals surface area contributed by atoms with Gasteiger partial charge in [0.2, 0.25) is 5.91 Å². The van der Waals surface area contributed by atoms with Crippen molar-refractivity contribution in [2.45, 2.75) is 46.6 Å². The Bertz CT molecular complexity index is 540. The number of amides is 1. The summed E-state index contributed by atoms with van der Waals surface area (Å²) in [6.45, 7) is 8.19. The SMILES string of the molecule is Cc1ccc(NC(=O)C2CCC(N)C(C)C2(C)C)cc1O. The van der Waals surface area contributed by atoms with E-state index >= 15 is 0 Å². The number of phenolic OH excluding ortho intramolecular Hbond substituents is 1. The zero-order chi connectivity index (χ0) is 15.8. The highest BCUT2D eigenvalue weighted by molar-refractivity contribution is 5.93. The van der Waals surface area contributed by atoms with Crippen molar-refractivity contribution >= 4 is 11.6 Å². The van der Waals surface area contributed by atoms with Crippen LogP contribution < -0.4 is 11.1 Å². The van der Waals surface area contributed by atoms with Crippen LogP contribution in [0.2, 0.25) is 0 Å². The van der Waals surface area contributed by atoms with Crippen LogP contribution in [0.1, 0.15) is 39.2 Å². The molecule has 4 N–H and O–H groups in total. The number of aryl methyl sites for hydroxylation is 1. The molecule has 0 heterocycles. The maximum absolute atomic E-state index is 12.6. The van der Waals surface area contributed by atoms with Crippen LogP contribution in [-0.4, -0.2) is 17.1 Å². The third-order valence-corrected chi connectivity index (χ3v) is 5.30. The fourth-order valence-corrected chi connectivity index (χ4v) is 3.24. The minimum Gasteiger partial charge on any atom is -0.508 e. The average Bonchev–Trinajstić information content (AvgIpc) is 2.40.